The topological polar surface area (TPSA) is 80.7 Å². The summed E-state index contributed by atoms with van der Waals surface area (Å²) in [5.41, 5.74) is -5.64. The lowest BCUT2D eigenvalue weighted by atomic mass is 10.0. The van der Waals surface area contributed by atoms with Crippen LogP contribution in [-0.2, 0) is 22.5 Å². The van der Waals surface area contributed by atoms with Gasteiger partial charge in [0.1, 0.15) is 11.1 Å². The smallest absolute Gasteiger partial charge is 0.420 e. The molecule has 0 radical (unpaired) electrons. The zero-order valence-electron chi connectivity index (χ0n) is 10.4. The summed E-state index contributed by atoms with van der Waals surface area (Å²) >= 11 is 0. The van der Waals surface area contributed by atoms with Crippen molar-refractivity contribution in [3.05, 3.63) is 28.8 Å². The zero-order chi connectivity index (χ0) is 17.5. The molecule has 1 N–H and O–H groups in total. The van der Waals surface area contributed by atoms with Crippen molar-refractivity contribution in [1.82, 2.24) is 0 Å². The molecule has 0 saturated heterocycles. The molecule has 0 heterocycles. The van der Waals surface area contributed by atoms with Gasteiger partial charge in [-0.25, -0.2) is 4.79 Å². The van der Waals surface area contributed by atoms with Crippen LogP contribution < -0.4 is 4.18 Å². The number of alkyl halides is 6. The highest BCUT2D eigenvalue weighted by Crippen LogP contribution is 2.45. The van der Waals surface area contributed by atoms with Gasteiger partial charge < -0.3 is 9.29 Å². The van der Waals surface area contributed by atoms with Crippen molar-refractivity contribution in [3.63, 3.8) is 0 Å². The van der Waals surface area contributed by atoms with E-state index in [2.05, 4.69) is 4.18 Å². The number of aromatic carboxylic acids is 1. The van der Waals surface area contributed by atoms with Crippen molar-refractivity contribution in [2.24, 2.45) is 0 Å². The highest BCUT2D eigenvalue weighted by Gasteiger charge is 2.44. The van der Waals surface area contributed by atoms with Gasteiger partial charge in [0.15, 0.2) is 5.75 Å². The summed E-state index contributed by atoms with van der Waals surface area (Å²) in [6, 6.07) is -0.282. The molecule has 5 nitrogen and oxygen atoms in total. The molecule has 12 heteroatoms. The Morgan fingerprint density at radius 3 is 1.64 bits per heavy atom. The fourth-order valence-corrected chi connectivity index (χ4v) is 1.90. The largest absolute Gasteiger partial charge is 0.478 e. The van der Waals surface area contributed by atoms with Gasteiger partial charge in [0.05, 0.1) is 11.8 Å². The monoisotopic (exact) mass is 352 g/mol. The van der Waals surface area contributed by atoms with Crippen LogP contribution in [-0.4, -0.2) is 25.7 Å². The number of benzene rings is 1. The van der Waals surface area contributed by atoms with Gasteiger partial charge in [0, 0.05) is 0 Å². The molecule has 0 spiro atoms. The van der Waals surface area contributed by atoms with Crippen LogP contribution in [0.2, 0.25) is 0 Å². The Bertz CT molecular complexity index is 668. The number of halogens is 6. The third kappa shape index (κ3) is 4.26. The summed E-state index contributed by atoms with van der Waals surface area (Å²) in [6.07, 6.45) is -10.7. The second kappa shape index (κ2) is 5.34. The first-order valence-electron chi connectivity index (χ1n) is 5.08. The minimum Gasteiger partial charge on any atom is -0.478 e. The highest BCUT2D eigenvalue weighted by atomic mass is 32.2. The molecule has 1 aromatic carbocycles. The quantitative estimate of drug-likeness (QED) is 0.668. The van der Waals surface area contributed by atoms with Crippen LogP contribution in [0.5, 0.6) is 5.75 Å². The number of carboxylic acids is 1. The van der Waals surface area contributed by atoms with Crippen LogP contribution in [0.15, 0.2) is 12.1 Å². The highest BCUT2D eigenvalue weighted by molar-refractivity contribution is 7.86. The van der Waals surface area contributed by atoms with E-state index >= 15 is 0 Å². The van der Waals surface area contributed by atoms with Crippen LogP contribution in [0.3, 0.4) is 0 Å². The van der Waals surface area contributed by atoms with E-state index in [-0.39, 0.29) is 18.4 Å². The van der Waals surface area contributed by atoms with E-state index in [1.54, 1.807) is 0 Å². The summed E-state index contributed by atoms with van der Waals surface area (Å²) < 4.78 is 102. The Morgan fingerprint density at radius 1 is 1.05 bits per heavy atom. The molecule has 0 atom stereocenters. The van der Waals surface area contributed by atoms with Crippen molar-refractivity contribution < 1.29 is 48.8 Å². The molecule has 0 aliphatic carbocycles. The third-order valence-electron chi connectivity index (χ3n) is 2.18. The van der Waals surface area contributed by atoms with Gasteiger partial charge in [-0.15, -0.1) is 0 Å². The van der Waals surface area contributed by atoms with Gasteiger partial charge in [-0.3, -0.25) is 0 Å². The Hall–Kier alpha value is -1.98. The molecule has 0 bridgehead atoms. The second-order valence-corrected chi connectivity index (χ2v) is 5.56. The van der Waals surface area contributed by atoms with E-state index in [1.807, 2.05) is 0 Å². The maximum Gasteiger partial charge on any atom is 0.420 e. The van der Waals surface area contributed by atoms with Crippen molar-refractivity contribution in [3.8, 4) is 5.75 Å². The molecule has 0 saturated carbocycles. The molecular weight excluding hydrogens is 346 g/mol. The molecule has 1 aromatic rings. The lowest BCUT2D eigenvalue weighted by Crippen LogP contribution is -2.19. The minimum absolute atomic E-state index is 0.141. The van der Waals surface area contributed by atoms with Crippen molar-refractivity contribution >= 4 is 16.1 Å². The first-order valence-corrected chi connectivity index (χ1v) is 6.90. The lowest BCUT2D eigenvalue weighted by molar-refractivity contribution is -0.144. The van der Waals surface area contributed by atoms with Crippen LogP contribution in [0.25, 0.3) is 0 Å². The first kappa shape index (κ1) is 18.1. The van der Waals surface area contributed by atoms with Gasteiger partial charge >= 0.3 is 28.4 Å². The fraction of sp³-hybridized carbons (Fsp3) is 0.300. The van der Waals surface area contributed by atoms with Gasteiger partial charge in [-0.2, -0.15) is 34.8 Å². The van der Waals surface area contributed by atoms with Crippen LogP contribution in [0.1, 0.15) is 21.5 Å². The third-order valence-corrected chi connectivity index (χ3v) is 2.65. The second-order valence-electron chi connectivity index (χ2n) is 3.99. The Labute approximate surface area is 119 Å². The predicted molar refractivity (Wildman–Crippen MR) is 58.9 cm³/mol. The molecule has 0 fully saturated rings. The fourth-order valence-electron chi connectivity index (χ4n) is 1.41. The van der Waals surface area contributed by atoms with E-state index in [4.69, 9.17) is 5.11 Å². The number of hydrogen-bond donors (Lipinski definition) is 1. The van der Waals surface area contributed by atoms with Gasteiger partial charge in [0.2, 0.25) is 0 Å². The van der Waals surface area contributed by atoms with Crippen molar-refractivity contribution in [1.29, 1.82) is 0 Å². The Kier molecular flexibility index (Phi) is 4.38. The molecule has 0 amide bonds. The molecule has 0 unspecified atom stereocenters. The van der Waals surface area contributed by atoms with E-state index in [9.17, 15) is 39.6 Å². The number of hydrogen-bond acceptors (Lipinski definition) is 4. The summed E-state index contributed by atoms with van der Waals surface area (Å²) in [5.74, 6) is -4.07. The van der Waals surface area contributed by atoms with Crippen molar-refractivity contribution in [2.45, 2.75) is 12.4 Å². The average Bonchev–Trinajstić information content (AvgIpc) is 2.23. The maximum absolute atomic E-state index is 12.8. The molecular formula is C10H6F6O5S. The van der Waals surface area contributed by atoms with Gasteiger partial charge in [-0.1, -0.05) is 0 Å². The molecule has 22 heavy (non-hydrogen) atoms. The van der Waals surface area contributed by atoms with Gasteiger partial charge in [0.25, 0.3) is 0 Å². The summed E-state index contributed by atoms with van der Waals surface area (Å²) in [5, 5.41) is 8.59. The van der Waals surface area contributed by atoms with Crippen LogP contribution in [0, 0.1) is 0 Å². The molecule has 0 aromatic heterocycles. The molecule has 0 aliphatic rings. The van der Waals surface area contributed by atoms with E-state index in [1.165, 1.54) is 0 Å². The van der Waals surface area contributed by atoms with E-state index in [0.717, 1.165) is 0 Å². The minimum atomic E-state index is -5.47. The standard InChI is InChI=1S/C10H6F6O5S/c1-22(19,20)21-7-5(9(11,12)13)2-4(8(17)18)3-6(7)10(14,15)16/h2-3H,1H3,(H,17,18). The van der Waals surface area contributed by atoms with E-state index in [0.29, 0.717) is 0 Å². The zero-order valence-corrected chi connectivity index (χ0v) is 11.2. The summed E-state index contributed by atoms with van der Waals surface area (Å²) in [6.45, 7) is 0. The molecule has 1 rings (SSSR count). The first-order chi connectivity index (χ1) is 9.63. The predicted octanol–water partition coefficient (Wildman–Crippen LogP) is 2.76. The van der Waals surface area contributed by atoms with Gasteiger partial charge in [-0.05, 0) is 12.1 Å². The van der Waals surface area contributed by atoms with Crippen LogP contribution in [0.4, 0.5) is 26.3 Å². The summed E-state index contributed by atoms with van der Waals surface area (Å²) in [7, 11) is -4.72. The molecule has 124 valence electrons. The SMILES string of the molecule is CS(=O)(=O)Oc1c(C(F)(F)F)cc(C(=O)O)cc1C(F)(F)F. The maximum atomic E-state index is 12.8. The van der Waals surface area contributed by atoms with Crippen LogP contribution >= 0.6 is 0 Å². The Morgan fingerprint density at radius 2 is 1.41 bits per heavy atom. The van der Waals surface area contributed by atoms with E-state index < -0.39 is 50.9 Å². The molecule has 0 aliphatic heterocycles. The number of rotatable bonds is 3. The number of carboxylic acid groups (broad SMARTS) is 1. The average molecular weight is 352 g/mol. The Balaban J connectivity index is 3.86. The normalized spacial score (nSPS) is 13.0. The summed E-state index contributed by atoms with van der Waals surface area (Å²) in [4.78, 5) is 10.7. The lowest BCUT2D eigenvalue weighted by Gasteiger charge is -2.18. The van der Waals surface area contributed by atoms with Crippen molar-refractivity contribution in [2.75, 3.05) is 6.26 Å². The number of carbonyl (C=O) groups is 1.